The minimum absolute atomic E-state index is 0.673. The van der Waals surface area contributed by atoms with Crippen LogP contribution in [0.4, 0.5) is 5.69 Å². The molecule has 0 saturated heterocycles. The highest BCUT2D eigenvalue weighted by atomic mass is 15.1. The summed E-state index contributed by atoms with van der Waals surface area (Å²) in [6.07, 6.45) is 1.10. The average Bonchev–Trinajstić information content (AvgIpc) is 2.01. The Bertz CT molecular complexity index is 281. The van der Waals surface area contributed by atoms with Crippen LogP contribution in [0.5, 0.6) is 0 Å². The Morgan fingerprint density at radius 3 is 2.64 bits per heavy atom. The zero-order chi connectivity index (χ0) is 10.6. The summed E-state index contributed by atoms with van der Waals surface area (Å²) < 4.78 is 0. The average molecular weight is 192 g/mol. The number of rotatable bonds is 4. The minimum atomic E-state index is 0.673. The molecule has 0 radical (unpaired) electrons. The Hall–Kier alpha value is -1.02. The number of benzene rings is 1. The number of nitrogens with two attached hydrogens (primary N) is 1. The van der Waals surface area contributed by atoms with E-state index < -0.39 is 0 Å². The van der Waals surface area contributed by atoms with Crippen LogP contribution in [0, 0.1) is 5.92 Å². The van der Waals surface area contributed by atoms with Gasteiger partial charge in [0.15, 0.2) is 0 Å². The quantitative estimate of drug-likeness (QED) is 0.739. The van der Waals surface area contributed by atoms with Crippen molar-refractivity contribution in [2.75, 3.05) is 26.4 Å². The van der Waals surface area contributed by atoms with Crippen LogP contribution < -0.4 is 5.73 Å². The first kappa shape index (κ1) is 11.1. The molecule has 0 amide bonds. The summed E-state index contributed by atoms with van der Waals surface area (Å²) in [4.78, 5) is 2.22. The van der Waals surface area contributed by atoms with Crippen molar-refractivity contribution in [3.8, 4) is 0 Å². The van der Waals surface area contributed by atoms with Crippen LogP contribution in [0.1, 0.15) is 12.5 Å². The van der Waals surface area contributed by atoms with Crippen LogP contribution in [-0.4, -0.2) is 25.5 Å². The lowest BCUT2D eigenvalue weighted by molar-refractivity contribution is 0.338. The molecule has 1 atom stereocenters. The van der Waals surface area contributed by atoms with Crippen molar-refractivity contribution < 1.29 is 0 Å². The Balaban J connectivity index is 2.51. The van der Waals surface area contributed by atoms with E-state index in [-0.39, 0.29) is 0 Å². The fraction of sp³-hybridized carbons (Fsp3) is 0.500. The molecular weight excluding hydrogens is 172 g/mol. The van der Waals surface area contributed by atoms with Gasteiger partial charge in [-0.15, -0.1) is 0 Å². The van der Waals surface area contributed by atoms with Crippen LogP contribution in [0.3, 0.4) is 0 Å². The van der Waals surface area contributed by atoms with E-state index in [9.17, 15) is 0 Å². The molecule has 1 rings (SSSR count). The number of hydrogen-bond donors (Lipinski definition) is 1. The second-order valence-corrected chi connectivity index (χ2v) is 4.32. The molecule has 2 N–H and O–H groups in total. The van der Waals surface area contributed by atoms with Crippen LogP contribution >= 0.6 is 0 Å². The lowest BCUT2D eigenvalue weighted by atomic mass is 10.0. The molecule has 0 aliphatic heterocycles. The van der Waals surface area contributed by atoms with Crippen molar-refractivity contribution in [2.24, 2.45) is 5.92 Å². The van der Waals surface area contributed by atoms with Gasteiger partial charge in [-0.05, 0) is 44.1 Å². The lowest BCUT2D eigenvalue weighted by Gasteiger charge is -2.16. The zero-order valence-corrected chi connectivity index (χ0v) is 9.33. The molecular formula is C12H20N2. The maximum Gasteiger partial charge on any atom is 0.0316 e. The highest BCUT2D eigenvalue weighted by Gasteiger charge is 2.04. The molecule has 0 saturated carbocycles. The summed E-state index contributed by atoms with van der Waals surface area (Å²) in [5, 5.41) is 0. The van der Waals surface area contributed by atoms with Gasteiger partial charge in [0.25, 0.3) is 0 Å². The molecule has 78 valence electrons. The van der Waals surface area contributed by atoms with Gasteiger partial charge < -0.3 is 10.6 Å². The highest BCUT2D eigenvalue weighted by Crippen LogP contribution is 2.12. The fourth-order valence-corrected chi connectivity index (χ4v) is 1.81. The standard InChI is InChI=1S/C12H20N2/c1-10(9-14(2)3)7-11-5-4-6-12(13)8-11/h4-6,8,10H,7,9,13H2,1-3H3. The smallest absolute Gasteiger partial charge is 0.0316 e. The lowest BCUT2D eigenvalue weighted by Crippen LogP contribution is -2.21. The van der Waals surface area contributed by atoms with E-state index in [1.807, 2.05) is 12.1 Å². The monoisotopic (exact) mass is 192 g/mol. The molecule has 0 heterocycles. The molecule has 2 heteroatoms. The third-order valence-corrected chi connectivity index (χ3v) is 2.21. The fourth-order valence-electron chi connectivity index (χ4n) is 1.81. The maximum atomic E-state index is 5.73. The van der Waals surface area contributed by atoms with Gasteiger partial charge in [0.2, 0.25) is 0 Å². The summed E-state index contributed by atoms with van der Waals surface area (Å²) in [6, 6.07) is 8.15. The maximum absolute atomic E-state index is 5.73. The van der Waals surface area contributed by atoms with E-state index in [0.717, 1.165) is 18.7 Å². The van der Waals surface area contributed by atoms with E-state index in [4.69, 9.17) is 5.73 Å². The van der Waals surface area contributed by atoms with E-state index in [1.165, 1.54) is 5.56 Å². The van der Waals surface area contributed by atoms with Gasteiger partial charge >= 0.3 is 0 Å². The Morgan fingerprint density at radius 2 is 2.07 bits per heavy atom. The molecule has 0 aliphatic carbocycles. The molecule has 0 fully saturated rings. The van der Waals surface area contributed by atoms with Crippen molar-refractivity contribution in [3.05, 3.63) is 29.8 Å². The van der Waals surface area contributed by atoms with E-state index in [0.29, 0.717) is 5.92 Å². The summed E-state index contributed by atoms with van der Waals surface area (Å²) in [5.74, 6) is 0.673. The van der Waals surface area contributed by atoms with E-state index >= 15 is 0 Å². The molecule has 1 aromatic rings. The third kappa shape index (κ3) is 3.79. The topological polar surface area (TPSA) is 29.3 Å². The second kappa shape index (κ2) is 5.01. The first-order valence-corrected chi connectivity index (χ1v) is 5.07. The predicted molar refractivity (Wildman–Crippen MR) is 62.3 cm³/mol. The van der Waals surface area contributed by atoms with Crippen molar-refractivity contribution in [1.82, 2.24) is 4.90 Å². The van der Waals surface area contributed by atoms with Gasteiger partial charge in [-0.3, -0.25) is 0 Å². The largest absolute Gasteiger partial charge is 0.399 e. The number of hydrogen-bond acceptors (Lipinski definition) is 2. The van der Waals surface area contributed by atoms with Gasteiger partial charge in [0.1, 0.15) is 0 Å². The molecule has 0 aliphatic rings. The van der Waals surface area contributed by atoms with Crippen LogP contribution in [0.2, 0.25) is 0 Å². The van der Waals surface area contributed by atoms with Crippen molar-refractivity contribution in [1.29, 1.82) is 0 Å². The summed E-state index contributed by atoms with van der Waals surface area (Å²) in [5.41, 5.74) is 7.92. The number of anilines is 1. The summed E-state index contributed by atoms with van der Waals surface area (Å²) >= 11 is 0. The van der Waals surface area contributed by atoms with Crippen molar-refractivity contribution >= 4 is 5.69 Å². The Kier molecular flexibility index (Phi) is 3.96. The first-order valence-electron chi connectivity index (χ1n) is 5.07. The Morgan fingerprint density at radius 1 is 1.36 bits per heavy atom. The Labute approximate surface area is 86.7 Å². The molecule has 1 aromatic carbocycles. The molecule has 14 heavy (non-hydrogen) atoms. The molecule has 0 bridgehead atoms. The number of nitrogen functional groups attached to an aromatic ring is 1. The van der Waals surface area contributed by atoms with Crippen LogP contribution in [0.25, 0.3) is 0 Å². The van der Waals surface area contributed by atoms with Crippen molar-refractivity contribution in [2.45, 2.75) is 13.3 Å². The zero-order valence-electron chi connectivity index (χ0n) is 9.33. The minimum Gasteiger partial charge on any atom is -0.399 e. The molecule has 2 nitrogen and oxygen atoms in total. The van der Waals surface area contributed by atoms with Gasteiger partial charge in [-0.1, -0.05) is 19.1 Å². The van der Waals surface area contributed by atoms with E-state index in [2.05, 4.69) is 38.1 Å². The highest BCUT2D eigenvalue weighted by molar-refractivity contribution is 5.40. The van der Waals surface area contributed by atoms with Gasteiger partial charge in [0.05, 0.1) is 0 Å². The van der Waals surface area contributed by atoms with Crippen LogP contribution in [-0.2, 0) is 6.42 Å². The molecule has 1 unspecified atom stereocenters. The molecule has 0 aromatic heterocycles. The SMILES string of the molecule is CC(Cc1cccc(N)c1)CN(C)C. The van der Waals surface area contributed by atoms with Gasteiger partial charge in [-0.25, -0.2) is 0 Å². The second-order valence-electron chi connectivity index (χ2n) is 4.32. The summed E-state index contributed by atoms with van der Waals surface area (Å²) in [7, 11) is 4.21. The summed E-state index contributed by atoms with van der Waals surface area (Å²) in [6.45, 7) is 3.39. The number of nitrogens with zero attached hydrogens (tertiary/aromatic N) is 1. The normalized spacial score (nSPS) is 13.1. The predicted octanol–water partition coefficient (Wildman–Crippen LogP) is 2.01. The molecule has 0 spiro atoms. The van der Waals surface area contributed by atoms with Gasteiger partial charge in [0, 0.05) is 12.2 Å². The van der Waals surface area contributed by atoms with Crippen molar-refractivity contribution in [3.63, 3.8) is 0 Å². The third-order valence-electron chi connectivity index (χ3n) is 2.21. The first-order chi connectivity index (χ1) is 6.58. The van der Waals surface area contributed by atoms with E-state index in [1.54, 1.807) is 0 Å². The van der Waals surface area contributed by atoms with Crippen LogP contribution in [0.15, 0.2) is 24.3 Å². The van der Waals surface area contributed by atoms with Gasteiger partial charge in [-0.2, -0.15) is 0 Å².